The first kappa shape index (κ1) is 13.8. The lowest BCUT2D eigenvalue weighted by Crippen LogP contribution is -2.18. The normalized spacial score (nSPS) is 10.3. The number of rotatable bonds is 4. The molecule has 1 heterocycles. The zero-order valence-corrected chi connectivity index (χ0v) is 10.9. The van der Waals surface area contributed by atoms with Gasteiger partial charge in [-0.3, -0.25) is 0 Å². The maximum Gasteiger partial charge on any atom is 0.337 e. The Morgan fingerprint density at radius 3 is 2.60 bits per heavy atom. The van der Waals surface area contributed by atoms with Gasteiger partial charge in [0, 0.05) is 12.2 Å². The largest absolute Gasteiger partial charge is 0.478 e. The van der Waals surface area contributed by atoms with E-state index in [2.05, 4.69) is 4.98 Å². The topological polar surface area (TPSA) is 79.5 Å². The molecule has 0 saturated carbocycles. The first-order valence-electron chi connectivity index (χ1n) is 6.05. The highest BCUT2D eigenvalue weighted by Gasteiger charge is 2.14. The second-order valence-corrected chi connectivity index (χ2v) is 4.16. The van der Waals surface area contributed by atoms with E-state index in [-0.39, 0.29) is 17.1 Å². The van der Waals surface area contributed by atoms with Crippen LogP contribution in [0.15, 0.2) is 36.5 Å². The van der Waals surface area contributed by atoms with Gasteiger partial charge in [-0.15, -0.1) is 0 Å². The molecular formula is C14H14FN3O2. The van der Waals surface area contributed by atoms with Crippen molar-refractivity contribution >= 4 is 23.2 Å². The number of carbonyl (C=O) groups is 1. The average molecular weight is 275 g/mol. The number of nitrogens with zero attached hydrogens (tertiary/aromatic N) is 2. The minimum absolute atomic E-state index is 0.00411. The molecular weight excluding hydrogens is 261 g/mol. The first-order valence-corrected chi connectivity index (χ1v) is 6.05. The van der Waals surface area contributed by atoms with Crippen molar-refractivity contribution in [3.63, 3.8) is 0 Å². The number of aromatic nitrogens is 1. The highest BCUT2D eigenvalue weighted by Crippen LogP contribution is 2.25. The first-order chi connectivity index (χ1) is 9.52. The maximum absolute atomic E-state index is 13.0. The Hall–Kier alpha value is -2.63. The van der Waals surface area contributed by atoms with Gasteiger partial charge in [0.2, 0.25) is 0 Å². The summed E-state index contributed by atoms with van der Waals surface area (Å²) in [6, 6.07) is 7.31. The Morgan fingerprint density at radius 1 is 1.40 bits per heavy atom. The third-order valence-corrected chi connectivity index (χ3v) is 2.88. The summed E-state index contributed by atoms with van der Waals surface area (Å²) < 4.78 is 13.0. The number of hydrogen-bond acceptors (Lipinski definition) is 4. The van der Waals surface area contributed by atoms with E-state index in [1.54, 1.807) is 17.0 Å². The molecule has 2 aromatic rings. The van der Waals surface area contributed by atoms with Crippen molar-refractivity contribution in [1.29, 1.82) is 0 Å². The van der Waals surface area contributed by atoms with Gasteiger partial charge in [-0.25, -0.2) is 14.2 Å². The number of halogens is 1. The quantitative estimate of drug-likeness (QED) is 0.896. The van der Waals surface area contributed by atoms with E-state index in [4.69, 9.17) is 10.8 Å². The van der Waals surface area contributed by atoms with E-state index in [0.29, 0.717) is 12.4 Å². The summed E-state index contributed by atoms with van der Waals surface area (Å²) in [4.78, 5) is 17.0. The van der Waals surface area contributed by atoms with Crippen molar-refractivity contribution in [3.05, 3.63) is 47.9 Å². The van der Waals surface area contributed by atoms with Gasteiger partial charge in [0.1, 0.15) is 11.6 Å². The molecule has 0 saturated heterocycles. The van der Waals surface area contributed by atoms with Crippen LogP contribution in [0.5, 0.6) is 0 Å². The SMILES string of the molecule is CCN(c1ccc(F)cc1)c1cc(C(=O)O)c(N)cn1. The molecule has 104 valence electrons. The van der Waals surface area contributed by atoms with E-state index in [1.807, 2.05) is 6.92 Å². The summed E-state index contributed by atoms with van der Waals surface area (Å²) in [6.45, 7) is 2.45. The van der Waals surface area contributed by atoms with Crippen molar-refractivity contribution in [2.45, 2.75) is 6.92 Å². The number of carboxylic acids is 1. The van der Waals surface area contributed by atoms with Gasteiger partial charge in [-0.1, -0.05) is 0 Å². The lowest BCUT2D eigenvalue weighted by Gasteiger charge is -2.22. The predicted octanol–water partition coefficient (Wildman–Crippen LogP) is 2.66. The zero-order valence-electron chi connectivity index (χ0n) is 10.9. The Bertz CT molecular complexity index is 629. The third-order valence-electron chi connectivity index (χ3n) is 2.88. The van der Waals surface area contributed by atoms with Crippen molar-refractivity contribution in [3.8, 4) is 0 Å². The number of nitrogen functional groups attached to an aromatic ring is 1. The fraction of sp³-hybridized carbons (Fsp3) is 0.143. The lowest BCUT2D eigenvalue weighted by atomic mass is 10.2. The monoisotopic (exact) mass is 275 g/mol. The van der Waals surface area contributed by atoms with Crippen LogP contribution in [0.1, 0.15) is 17.3 Å². The summed E-state index contributed by atoms with van der Waals surface area (Å²) in [7, 11) is 0. The molecule has 20 heavy (non-hydrogen) atoms. The van der Waals surface area contributed by atoms with E-state index >= 15 is 0 Å². The van der Waals surface area contributed by atoms with E-state index < -0.39 is 5.97 Å². The standard InChI is InChI=1S/C14H14FN3O2/c1-2-18(10-5-3-9(15)4-6-10)13-7-11(14(19)20)12(16)8-17-13/h3-8H,2,16H2,1H3,(H,19,20). The second-order valence-electron chi connectivity index (χ2n) is 4.16. The van der Waals surface area contributed by atoms with Gasteiger partial charge < -0.3 is 15.7 Å². The van der Waals surface area contributed by atoms with E-state index in [9.17, 15) is 9.18 Å². The molecule has 6 heteroatoms. The molecule has 0 unspecified atom stereocenters. The Labute approximate surface area is 115 Å². The summed E-state index contributed by atoms with van der Waals surface area (Å²) >= 11 is 0. The van der Waals surface area contributed by atoms with Gasteiger partial charge in [0.25, 0.3) is 0 Å². The van der Waals surface area contributed by atoms with Crippen molar-refractivity contribution in [2.75, 3.05) is 17.2 Å². The fourth-order valence-electron chi connectivity index (χ4n) is 1.89. The predicted molar refractivity (Wildman–Crippen MR) is 74.7 cm³/mol. The number of aromatic carboxylic acids is 1. The molecule has 5 nitrogen and oxygen atoms in total. The second kappa shape index (κ2) is 5.56. The van der Waals surface area contributed by atoms with E-state index in [0.717, 1.165) is 5.69 Å². The third kappa shape index (κ3) is 2.69. The van der Waals surface area contributed by atoms with Crippen LogP contribution in [0.4, 0.5) is 21.6 Å². The van der Waals surface area contributed by atoms with Gasteiger partial charge in [-0.05, 0) is 37.3 Å². The van der Waals surface area contributed by atoms with Crippen LogP contribution in [0, 0.1) is 5.82 Å². The molecule has 0 amide bonds. The van der Waals surface area contributed by atoms with Crippen LogP contribution in [-0.2, 0) is 0 Å². The van der Waals surface area contributed by atoms with Crippen molar-refractivity contribution < 1.29 is 14.3 Å². The summed E-state index contributed by atoms with van der Waals surface area (Å²) in [5.74, 6) is -0.992. The van der Waals surface area contributed by atoms with Crippen LogP contribution >= 0.6 is 0 Å². The lowest BCUT2D eigenvalue weighted by molar-refractivity contribution is 0.0698. The molecule has 2 rings (SSSR count). The summed E-state index contributed by atoms with van der Waals surface area (Å²) in [5.41, 5.74) is 6.41. The van der Waals surface area contributed by atoms with E-state index in [1.165, 1.54) is 24.4 Å². The molecule has 0 fully saturated rings. The minimum Gasteiger partial charge on any atom is -0.478 e. The molecule has 0 aliphatic carbocycles. The zero-order chi connectivity index (χ0) is 14.7. The Balaban J connectivity index is 2.44. The highest BCUT2D eigenvalue weighted by atomic mass is 19.1. The van der Waals surface area contributed by atoms with Gasteiger partial charge in [0.05, 0.1) is 17.4 Å². The molecule has 0 atom stereocenters. The molecule has 3 N–H and O–H groups in total. The number of nitrogens with two attached hydrogens (primary N) is 1. The van der Waals surface area contributed by atoms with Crippen molar-refractivity contribution in [1.82, 2.24) is 4.98 Å². The fourth-order valence-corrected chi connectivity index (χ4v) is 1.89. The number of carboxylic acid groups (broad SMARTS) is 1. The summed E-state index contributed by atoms with van der Waals surface area (Å²) in [6.07, 6.45) is 1.31. The molecule has 0 bridgehead atoms. The van der Waals surface area contributed by atoms with Crippen LogP contribution in [-0.4, -0.2) is 22.6 Å². The molecule has 0 radical (unpaired) electrons. The molecule has 0 spiro atoms. The highest BCUT2D eigenvalue weighted by molar-refractivity contribution is 5.94. The minimum atomic E-state index is -1.11. The van der Waals surface area contributed by atoms with Crippen molar-refractivity contribution in [2.24, 2.45) is 0 Å². The molecule has 0 aliphatic rings. The van der Waals surface area contributed by atoms with Crippen LogP contribution in [0.3, 0.4) is 0 Å². The molecule has 1 aromatic heterocycles. The average Bonchev–Trinajstić information content (AvgIpc) is 2.43. The smallest absolute Gasteiger partial charge is 0.337 e. The van der Waals surface area contributed by atoms with Gasteiger partial charge in [-0.2, -0.15) is 0 Å². The summed E-state index contributed by atoms with van der Waals surface area (Å²) in [5, 5.41) is 9.08. The number of hydrogen-bond donors (Lipinski definition) is 2. The maximum atomic E-state index is 13.0. The van der Waals surface area contributed by atoms with Gasteiger partial charge >= 0.3 is 5.97 Å². The Kier molecular flexibility index (Phi) is 3.84. The molecule has 1 aromatic carbocycles. The number of pyridine rings is 1. The number of benzene rings is 1. The Morgan fingerprint density at radius 2 is 2.05 bits per heavy atom. The number of anilines is 3. The molecule has 0 aliphatic heterocycles. The van der Waals surface area contributed by atoms with Crippen LogP contribution in [0.2, 0.25) is 0 Å². The van der Waals surface area contributed by atoms with Crippen LogP contribution < -0.4 is 10.6 Å². The van der Waals surface area contributed by atoms with Gasteiger partial charge in [0.15, 0.2) is 0 Å². The van der Waals surface area contributed by atoms with Crippen LogP contribution in [0.25, 0.3) is 0 Å².